The zero-order chi connectivity index (χ0) is 21.2. The van der Waals surface area contributed by atoms with E-state index in [-0.39, 0.29) is 17.8 Å². The minimum atomic E-state index is -0.459. The van der Waals surface area contributed by atoms with Crippen LogP contribution in [-0.4, -0.2) is 25.5 Å². The van der Waals surface area contributed by atoms with Gasteiger partial charge in [-0.05, 0) is 36.0 Å². The Morgan fingerprint density at radius 3 is 2.55 bits per heavy atom. The van der Waals surface area contributed by atoms with E-state index in [1.807, 2.05) is 31.2 Å². The van der Waals surface area contributed by atoms with Crippen LogP contribution >= 0.6 is 0 Å². The van der Waals surface area contributed by atoms with Gasteiger partial charge in [-0.2, -0.15) is 0 Å². The van der Waals surface area contributed by atoms with Gasteiger partial charge in [-0.25, -0.2) is 4.79 Å². The van der Waals surface area contributed by atoms with Crippen LogP contribution in [0.25, 0.3) is 0 Å². The number of benzene rings is 1. The van der Waals surface area contributed by atoms with Crippen molar-refractivity contribution in [1.29, 1.82) is 0 Å². The molecule has 3 rings (SSSR count). The van der Waals surface area contributed by atoms with E-state index in [4.69, 9.17) is 15.9 Å². The fourth-order valence-corrected chi connectivity index (χ4v) is 4.19. The number of allylic oxidation sites excluding steroid dienone is 3. The fourth-order valence-electron chi connectivity index (χ4n) is 4.19. The van der Waals surface area contributed by atoms with Gasteiger partial charge in [0, 0.05) is 29.3 Å². The van der Waals surface area contributed by atoms with Gasteiger partial charge < -0.3 is 14.8 Å². The lowest BCUT2D eigenvalue weighted by molar-refractivity contribution is -0.136. The number of Topliss-reactive ketones (excluding diaryl/α,β-unsaturated/α-hetero) is 1. The number of ether oxygens (including phenoxy) is 2. The maximum atomic E-state index is 13.2. The summed E-state index contributed by atoms with van der Waals surface area (Å²) in [6.07, 6.45) is 7.09. The van der Waals surface area contributed by atoms with E-state index in [1.54, 1.807) is 0 Å². The number of hydrogen-bond acceptors (Lipinski definition) is 5. The van der Waals surface area contributed by atoms with Crippen molar-refractivity contribution in [3.63, 3.8) is 0 Å². The first-order valence-electron chi connectivity index (χ1n) is 9.82. The molecule has 0 radical (unpaired) electrons. The number of methoxy groups -OCH3 is 1. The molecule has 1 aromatic rings. The highest BCUT2D eigenvalue weighted by Crippen LogP contribution is 2.47. The zero-order valence-corrected chi connectivity index (χ0v) is 17.4. The largest absolute Gasteiger partial charge is 0.481 e. The highest BCUT2D eigenvalue weighted by Gasteiger charge is 2.43. The summed E-state index contributed by atoms with van der Waals surface area (Å²) in [4.78, 5) is 25.9. The van der Waals surface area contributed by atoms with Crippen molar-refractivity contribution in [2.45, 2.75) is 46.0 Å². The molecule has 0 amide bonds. The first-order valence-corrected chi connectivity index (χ1v) is 9.82. The Kier molecular flexibility index (Phi) is 5.83. The summed E-state index contributed by atoms with van der Waals surface area (Å²) in [7, 11) is 1.37. The molecule has 0 saturated carbocycles. The van der Waals surface area contributed by atoms with E-state index >= 15 is 0 Å². The quantitative estimate of drug-likeness (QED) is 0.608. The first kappa shape index (κ1) is 20.7. The maximum absolute atomic E-state index is 13.2. The van der Waals surface area contributed by atoms with Crippen LogP contribution in [0.1, 0.15) is 51.5 Å². The molecule has 1 atom stereocenters. The first-order chi connectivity index (χ1) is 13.8. The van der Waals surface area contributed by atoms with Crippen LogP contribution < -0.4 is 10.1 Å². The predicted molar refractivity (Wildman–Crippen MR) is 111 cm³/mol. The fraction of sp³-hybridized carbons (Fsp3) is 0.417. The minimum absolute atomic E-state index is 0.0676. The smallest absolute Gasteiger partial charge is 0.336 e. The molecule has 0 spiro atoms. The lowest BCUT2D eigenvalue weighted by Gasteiger charge is -2.39. The predicted octanol–water partition coefficient (Wildman–Crippen LogP) is 3.87. The zero-order valence-electron chi connectivity index (χ0n) is 17.4. The molecule has 1 aromatic carbocycles. The van der Waals surface area contributed by atoms with Gasteiger partial charge >= 0.3 is 5.97 Å². The summed E-state index contributed by atoms with van der Waals surface area (Å²) in [6.45, 7) is 6.35. The van der Waals surface area contributed by atoms with Gasteiger partial charge in [-0.3, -0.25) is 4.79 Å². The molecule has 0 fully saturated rings. The Labute approximate surface area is 172 Å². The summed E-state index contributed by atoms with van der Waals surface area (Å²) in [6, 6.07) is 7.39. The molecular weight excluding hydrogens is 366 g/mol. The number of esters is 1. The van der Waals surface area contributed by atoms with Crippen molar-refractivity contribution >= 4 is 11.8 Å². The van der Waals surface area contributed by atoms with E-state index in [1.165, 1.54) is 7.11 Å². The van der Waals surface area contributed by atoms with Crippen molar-refractivity contribution < 1.29 is 19.1 Å². The second kappa shape index (κ2) is 8.16. The number of carbonyl (C=O) groups is 2. The summed E-state index contributed by atoms with van der Waals surface area (Å²) in [5.41, 5.74) is 3.61. The third kappa shape index (κ3) is 4.07. The third-order valence-corrected chi connectivity index (χ3v) is 5.42. The van der Waals surface area contributed by atoms with E-state index in [9.17, 15) is 9.59 Å². The Morgan fingerprint density at radius 1 is 1.28 bits per heavy atom. The molecule has 0 aromatic heterocycles. The van der Waals surface area contributed by atoms with Crippen LogP contribution in [0.2, 0.25) is 0 Å². The van der Waals surface area contributed by atoms with E-state index in [0.29, 0.717) is 29.7 Å². The highest BCUT2D eigenvalue weighted by molar-refractivity contribution is 6.04. The van der Waals surface area contributed by atoms with Crippen molar-refractivity contribution in [3.8, 4) is 18.1 Å². The van der Waals surface area contributed by atoms with Gasteiger partial charge in [0.1, 0.15) is 12.4 Å². The summed E-state index contributed by atoms with van der Waals surface area (Å²) >= 11 is 0. The van der Waals surface area contributed by atoms with Gasteiger partial charge in [0.15, 0.2) is 5.78 Å². The number of ketones is 1. The molecule has 5 heteroatoms. The monoisotopic (exact) mass is 393 g/mol. The second-order valence-electron chi connectivity index (χ2n) is 8.19. The normalized spacial score (nSPS) is 20.5. The van der Waals surface area contributed by atoms with Gasteiger partial charge in [0.2, 0.25) is 0 Å². The van der Waals surface area contributed by atoms with Crippen LogP contribution in [0.3, 0.4) is 0 Å². The van der Waals surface area contributed by atoms with Gasteiger partial charge in [0.25, 0.3) is 0 Å². The van der Waals surface area contributed by atoms with Crippen molar-refractivity contribution in [1.82, 2.24) is 5.32 Å². The van der Waals surface area contributed by atoms with Crippen LogP contribution in [-0.2, 0) is 14.3 Å². The molecule has 1 heterocycles. The van der Waals surface area contributed by atoms with E-state index < -0.39 is 11.9 Å². The highest BCUT2D eigenvalue weighted by atomic mass is 16.5. The minimum Gasteiger partial charge on any atom is -0.481 e. The Hall–Kier alpha value is -3.00. The lowest BCUT2D eigenvalue weighted by Crippen LogP contribution is -2.39. The molecule has 1 aliphatic heterocycles. The molecular formula is C24H27NO4. The molecule has 2 aliphatic rings. The van der Waals surface area contributed by atoms with Gasteiger partial charge in [-0.15, -0.1) is 6.42 Å². The molecule has 29 heavy (non-hydrogen) atoms. The lowest BCUT2D eigenvalue weighted by atomic mass is 9.68. The van der Waals surface area contributed by atoms with Crippen LogP contribution in [0.15, 0.2) is 46.8 Å². The summed E-state index contributed by atoms with van der Waals surface area (Å²) in [5, 5.41) is 3.39. The molecule has 1 aliphatic carbocycles. The topological polar surface area (TPSA) is 64.6 Å². The van der Waals surface area contributed by atoms with Crippen LogP contribution in [0.4, 0.5) is 0 Å². The number of dihydropyridines is 1. The van der Waals surface area contributed by atoms with Crippen molar-refractivity contribution in [2.24, 2.45) is 5.41 Å². The molecule has 152 valence electrons. The molecule has 0 bridgehead atoms. The molecule has 1 N–H and O–H groups in total. The number of terminal acetylenes is 1. The van der Waals surface area contributed by atoms with Crippen molar-refractivity contribution in [2.75, 3.05) is 13.7 Å². The molecule has 0 saturated heterocycles. The van der Waals surface area contributed by atoms with E-state index in [0.717, 1.165) is 23.4 Å². The number of hydrogen-bond donors (Lipinski definition) is 1. The van der Waals surface area contributed by atoms with Crippen LogP contribution in [0.5, 0.6) is 5.75 Å². The van der Waals surface area contributed by atoms with Crippen LogP contribution in [0, 0.1) is 17.8 Å². The summed E-state index contributed by atoms with van der Waals surface area (Å²) < 4.78 is 10.5. The Balaban J connectivity index is 2.13. The average Bonchev–Trinajstić information content (AvgIpc) is 2.69. The Bertz CT molecular complexity index is 929. The molecule has 1 unspecified atom stereocenters. The number of nitrogens with one attached hydrogen (secondary N) is 1. The van der Waals surface area contributed by atoms with Crippen molar-refractivity contribution in [3.05, 3.63) is 52.4 Å². The van der Waals surface area contributed by atoms with Gasteiger partial charge in [-0.1, -0.05) is 38.8 Å². The number of rotatable bonds is 5. The standard InChI is InChI=1S/C24H27NO4/c1-6-12-29-16-10-8-15(9-11-16)20-21-18(13-24(3,4)14-19(21)26)25-17(7-2)22(20)23(27)28-5/h1,8-11,20,25H,7,12-14H2,2-5H3. The average molecular weight is 393 g/mol. The summed E-state index contributed by atoms with van der Waals surface area (Å²) in [5.74, 6) is 2.27. The Morgan fingerprint density at radius 2 is 1.97 bits per heavy atom. The SMILES string of the molecule is C#CCOc1ccc(C2C3=C(CC(C)(C)CC3=O)NC(CC)=C2C(=O)OC)cc1. The third-order valence-electron chi connectivity index (χ3n) is 5.42. The van der Waals surface area contributed by atoms with Gasteiger partial charge in [0.05, 0.1) is 12.7 Å². The van der Waals surface area contributed by atoms with E-state index in [2.05, 4.69) is 25.1 Å². The number of carbonyl (C=O) groups excluding carboxylic acids is 2. The maximum Gasteiger partial charge on any atom is 0.336 e. The molecule has 5 nitrogen and oxygen atoms in total. The second-order valence-corrected chi connectivity index (χ2v) is 8.19.